The molecule has 0 bridgehead atoms. The topological polar surface area (TPSA) is 52.6 Å². The van der Waals surface area contributed by atoms with E-state index in [0.717, 1.165) is 0 Å². The van der Waals surface area contributed by atoms with Crippen molar-refractivity contribution in [1.82, 2.24) is 0 Å². The third kappa shape index (κ3) is 7.60. The van der Waals surface area contributed by atoms with E-state index in [1.165, 1.54) is 6.08 Å². The van der Waals surface area contributed by atoms with Gasteiger partial charge in [-0.1, -0.05) is 6.08 Å². The van der Waals surface area contributed by atoms with E-state index in [0.29, 0.717) is 6.08 Å². The molecule has 0 unspecified atom stereocenters. The zero-order valence-electron chi connectivity index (χ0n) is 8.24. The largest absolute Gasteiger partial charge is 0.458 e. The Hall–Kier alpha value is -1.46. The van der Waals surface area contributed by atoms with Crippen molar-refractivity contribution in [2.75, 3.05) is 13.2 Å². The normalized spacial score (nSPS) is 10.7. The van der Waals surface area contributed by atoms with Crippen LogP contribution in [0.3, 0.4) is 0 Å². The average Bonchev–Trinajstić information content (AvgIpc) is 2.16. The SMILES string of the molecule is CCOC(=O)C(=O)OCC/C=C/C(F)F. The molecule has 0 saturated carbocycles. The van der Waals surface area contributed by atoms with Crippen LogP contribution in [0.2, 0.25) is 0 Å². The van der Waals surface area contributed by atoms with Gasteiger partial charge in [-0.2, -0.15) is 0 Å². The minimum atomic E-state index is -2.52. The Morgan fingerprint density at radius 2 is 1.87 bits per heavy atom. The van der Waals surface area contributed by atoms with E-state index in [9.17, 15) is 18.4 Å². The van der Waals surface area contributed by atoms with E-state index in [4.69, 9.17) is 0 Å². The van der Waals surface area contributed by atoms with Gasteiger partial charge >= 0.3 is 11.9 Å². The minimum Gasteiger partial charge on any atom is -0.458 e. The number of halogens is 2. The molecule has 0 radical (unpaired) electrons. The molecule has 0 aromatic carbocycles. The van der Waals surface area contributed by atoms with Gasteiger partial charge in [0.05, 0.1) is 13.2 Å². The molecule has 0 aliphatic heterocycles. The molecular weight excluding hydrogens is 210 g/mol. The molecule has 0 aromatic rings. The van der Waals surface area contributed by atoms with Gasteiger partial charge in [0, 0.05) is 0 Å². The highest BCUT2D eigenvalue weighted by molar-refractivity contribution is 6.29. The number of hydrogen-bond acceptors (Lipinski definition) is 4. The highest BCUT2D eigenvalue weighted by Gasteiger charge is 2.15. The van der Waals surface area contributed by atoms with Crippen molar-refractivity contribution in [3.63, 3.8) is 0 Å². The number of rotatable bonds is 5. The molecule has 0 fully saturated rings. The van der Waals surface area contributed by atoms with Crippen molar-refractivity contribution in [1.29, 1.82) is 0 Å². The summed E-state index contributed by atoms with van der Waals surface area (Å²) >= 11 is 0. The summed E-state index contributed by atoms with van der Waals surface area (Å²) in [5.41, 5.74) is 0. The van der Waals surface area contributed by atoms with Crippen LogP contribution in [-0.4, -0.2) is 31.6 Å². The minimum absolute atomic E-state index is 0.0826. The fourth-order valence-corrected chi connectivity index (χ4v) is 0.668. The maximum Gasteiger partial charge on any atom is 0.417 e. The van der Waals surface area contributed by atoms with Crippen LogP contribution in [0.25, 0.3) is 0 Å². The zero-order valence-corrected chi connectivity index (χ0v) is 8.24. The summed E-state index contributed by atoms with van der Waals surface area (Å²) < 4.78 is 31.9. The van der Waals surface area contributed by atoms with Gasteiger partial charge in [0.2, 0.25) is 0 Å². The first-order valence-electron chi connectivity index (χ1n) is 4.36. The smallest absolute Gasteiger partial charge is 0.417 e. The average molecular weight is 222 g/mol. The van der Waals surface area contributed by atoms with Crippen LogP contribution >= 0.6 is 0 Å². The van der Waals surface area contributed by atoms with Crippen LogP contribution in [0, 0.1) is 0 Å². The Morgan fingerprint density at radius 3 is 2.40 bits per heavy atom. The summed E-state index contributed by atoms with van der Waals surface area (Å²) in [5.74, 6) is -2.18. The van der Waals surface area contributed by atoms with Gasteiger partial charge < -0.3 is 9.47 Å². The monoisotopic (exact) mass is 222 g/mol. The molecule has 0 amide bonds. The molecule has 0 saturated heterocycles. The van der Waals surface area contributed by atoms with E-state index in [-0.39, 0.29) is 19.6 Å². The Bertz CT molecular complexity index is 238. The number of carbonyl (C=O) groups excluding carboxylic acids is 2. The first kappa shape index (κ1) is 13.5. The molecule has 15 heavy (non-hydrogen) atoms. The number of hydrogen-bond donors (Lipinski definition) is 0. The first-order chi connectivity index (χ1) is 7.07. The van der Waals surface area contributed by atoms with Crippen molar-refractivity contribution < 1.29 is 27.8 Å². The van der Waals surface area contributed by atoms with Crippen LogP contribution in [-0.2, 0) is 19.1 Å². The Balaban J connectivity index is 3.59. The number of ether oxygens (including phenoxy) is 2. The van der Waals surface area contributed by atoms with E-state index >= 15 is 0 Å². The van der Waals surface area contributed by atoms with Gasteiger partial charge in [0.25, 0.3) is 6.43 Å². The standard InChI is InChI=1S/C9H12F2O4/c1-2-14-8(12)9(13)15-6-4-3-5-7(10)11/h3,5,7H,2,4,6H2,1H3/b5-3+. The molecule has 0 atom stereocenters. The third-order valence-corrected chi connectivity index (χ3v) is 1.24. The molecule has 0 heterocycles. The summed E-state index contributed by atoms with van der Waals surface area (Å²) in [6, 6.07) is 0. The molecule has 4 nitrogen and oxygen atoms in total. The molecule has 0 aromatic heterocycles. The summed E-state index contributed by atoms with van der Waals surface area (Å²) in [7, 11) is 0. The lowest BCUT2D eigenvalue weighted by atomic mass is 10.4. The first-order valence-corrected chi connectivity index (χ1v) is 4.36. The fraction of sp³-hybridized carbons (Fsp3) is 0.556. The number of esters is 2. The second kappa shape index (κ2) is 7.90. The van der Waals surface area contributed by atoms with E-state index in [1.54, 1.807) is 6.92 Å². The molecular formula is C9H12F2O4. The van der Waals surface area contributed by atoms with Gasteiger partial charge in [-0.05, 0) is 19.4 Å². The zero-order chi connectivity index (χ0) is 11.7. The van der Waals surface area contributed by atoms with Crippen molar-refractivity contribution in [2.45, 2.75) is 19.8 Å². The lowest BCUT2D eigenvalue weighted by Gasteiger charge is -2.01. The lowest BCUT2D eigenvalue weighted by Crippen LogP contribution is -2.20. The maximum absolute atomic E-state index is 11.6. The van der Waals surface area contributed by atoms with Crippen LogP contribution in [0.4, 0.5) is 8.78 Å². The third-order valence-electron chi connectivity index (χ3n) is 1.24. The van der Waals surface area contributed by atoms with E-state index in [1.807, 2.05) is 0 Å². The Labute approximate surface area is 85.9 Å². The van der Waals surface area contributed by atoms with Crippen LogP contribution in [0.1, 0.15) is 13.3 Å². The van der Waals surface area contributed by atoms with Crippen LogP contribution in [0.5, 0.6) is 0 Å². The summed E-state index contributed by atoms with van der Waals surface area (Å²) in [6.07, 6.45) is -0.540. The quantitative estimate of drug-likeness (QED) is 0.304. The van der Waals surface area contributed by atoms with Crippen LogP contribution in [0.15, 0.2) is 12.2 Å². The predicted octanol–water partition coefficient (Wildman–Crippen LogP) is 1.30. The Kier molecular flexibility index (Phi) is 7.13. The molecule has 6 heteroatoms. The number of alkyl halides is 2. The van der Waals surface area contributed by atoms with Gasteiger partial charge in [-0.15, -0.1) is 0 Å². The second-order valence-electron chi connectivity index (χ2n) is 2.41. The van der Waals surface area contributed by atoms with Crippen molar-refractivity contribution >= 4 is 11.9 Å². The Morgan fingerprint density at radius 1 is 1.27 bits per heavy atom. The number of allylic oxidation sites excluding steroid dienone is 1. The highest BCUT2D eigenvalue weighted by atomic mass is 19.3. The molecule has 0 aliphatic rings. The summed E-state index contributed by atoms with van der Waals surface area (Å²) in [4.78, 5) is 21.4. The van der Waals surface area contributed by atoms with Gasteiger partial charge in [-0.25, -0.2) is 18.4 Å². The maximum atomic E-state index is 11.6. The fourth-order valence-electron chi connectivity index (χ4n) is 0.668. The van der Waals surface area contributed by atoms with Gasteiger partial charge in [0.1, 0.15) is 0 Å². The van der Waals surface area contributed by atoms with E-state index < -0.39 is 18.4 Å². The molecule has 0 aliphatic carbocycles. The van der Waals surface area contributed by atoms with Gasteiger partial charge in [-0.3, -0.25) is 0 Å². The van der Waals surface area contributed by atoms with Crippen LogP contribution < -0.4 is 0 Å². The van der Waals surface area contributed by atoms with Crippen molar-refractivity contribution in [3.05, 3.63) is 12.2 Å². The van der Waals surface area contributed by atoms with E-state index in [2.05, 4.69) is 9.47 Å². The number of carbonyl (C=O) groups is 2. The van der Waals surface area contributed by atoms with Crippen molar-refractivity contribution in [3.8, 4) is 0 Å². The lowest BCUT2D eigenvalue weighted by molar-refractivity contribution is -0.167. The molecule has 0 N–H and O–H groups in total. The molecule has 86 valence electrons. The highest BCUT2D eigenvalue weighted by Crippen LogP contribution is 1.96. The van der Waals surface area contributed by atoms with Gasteiger partial charge in [0.15, 0.2) is 0 Å². The molecule has 0 rings (SSSR count). The predicted molar refractivity (Wildman–Crippen MR) is 47.4 cm³/mol. The molecule has 0 spiro atoms. The summed E-state index contributed by atoms with van der Waals surface area (Å²) in [6.45, 7) is 1.51. The summed E-state index contributed by atoms with van der Waals surface area (Å²) in [5, 5.41) is 0. The second-order valence-corrected chi connectivity index (χ2v) is 2.41. The van der Waals surface area contributed by atoms with Crippen molar-refractivity contribution in [2.24, 2.45) is 0 Å².